The fraction of sp³-hybridized carbons (Fsp3) is 0.346. The number of halogens is 1. The number of nitrogens with one attached hydrogen (secondary N) is 1. The van der Waals surface area contributed by atoms with Crippen molar-refractivity contribution in [3.63, 3.8) is 0 Å². The maximum atomic E-state index is 13.6. The van der Waals surface area contributed by atoms with E-state index in [9.17, 15) is 9.18 Å². The van der Waals surface area contributed by atoms with Crippen LogP contribution < -0.4 is 5.32 Å². The van der Waals surface area contributed by atoms with Gasteiger partial charge >= 0.3 is 6.03 Å². The maximum absolute atomic E-state index is 13.6. The third-order valence-electron chi connectivity index (χ3n) is 5.46. The highest BCUT2D eigenvalue weighted by Crippen LogP contribution is 2.18. The number of rotatable bonds is 9. The standard InChI is InChI=1S/C26H32FN3O/c1-4-5-6-14-30(26(31)28-25-13-12-20(2)16-21(25)3)19-24-11-8-15-29(24)18-22-9-7-10-23(27)17-22/h7-13,15-17H,4-6,14,18-19H2,1-3H3,(H,28,31). The monoisotopic (exact) mass is 421 g/mol. The van der Waals surface area contributed by atoms with E-state index in [2.05, 4.69) is 22.9 Å². The van der Waals surface area contributed by atoms with Crippen molar-refractivity contribution in [2.75, 3.05) is 11.9 Å². The number of nitrogens with zero attached hydrogens (tertiary/aromatic N) is 2. The van der Waals surface area contributed by atoms with Gasteiger partial charge in [-0.3, -0.25) is 0 Å². The summed E-state index contributed by atoms with van der Waals surface area (Å²) in [7, 11) is 0. The van der Waals surface area contributed by atoms with Crippen molar-refractivity contribution in [3.05, 3.63) is 89.0 Å². The molecule has 0 saturated heterocycles. The number of carbonyl (C=O) groups is 1. The number of aryl methyl sites for hydroxylation is 2. The van der Waals surface area contributed by atoms with E-state index in [-0.39, 0.29) is 11.8 Å². The quantitative estimate of drug-likeness (QED) is 0.393. The number of amides is 2. The van der Waals surface area contributed by atoms with Crippen LogP contribution in [0.4, 0.5) is 14.9 Å². The second-order valence-corrected chi connectivity index (χ2v) is 8.13. The molecule has 1 heterocycles. The van der Waals surface area contributed by atoms with E-state index in [4.69, 9.17) is 0 Å². The minimum absolute atomic E-state index is 0.0958. The number of benzene rings is 2. The van der Waals surface area contributed by atoms with Gasteiger partial charge in [0.05, 0.1) is 6.54 Å². The van der Waals surface area contributed by atoms with Crippen LogP contribution in [-0.4, -0.2) is 22.0 Å². The molecule has 0 unspecified atom stereocenters. The van der Waals surface area contributed by atoms with Crippen molar-refractivity contribution in [3.8, 4) is 0 Å². The van der Waals surface area contributed by atoms with Crippen LogP contribution in [0.2, 0.25) is 0 Å². The molecular formula is C26H32FN3O. The lowest BCUT2D eigenvalue weighted by molar-refractivity contribution is 0.206. The number of anilines is 1. The smallest absolute Gasteiger partial charge is 0.322 e. The second-order valence-electron chi connectivity index (χ2n) is 8.13. The van der Waals surface area contributed by atoms with E-state index < -0.39 is 0 Å². The summed E-state index contributed by atoms with van der Waals surface area (Å²) in [5, 5.41) is 3.08. The topological polar surface area (TPSA) is 37.3 Å². The van der Waals surface area contributed by atoms with E-state index in [0.717, 1.165) is 41.8 Å². The Morgan fingerprint density at radius 2 is 1.90 bits per heavy atom. The Morgan fingerprint density at radius 3 is 2.65 bits per heavy atom. The fourth-order valence-corrected chi connectivity index (χ4v) is 3.73. The summed E-state index contributed by atoms with van der Waals surface area (Å²) in [6.07, 6.45) is 5.12. The first-order chi connectivity index (χ1) is 15.0. The van der Waals surface area contributed by atoms with Crippen molar-refractivity contribution in [2.45, 2.75) is 53.1 Å². The highest BCUT2D eigenvalue weighted by molar-refractivity contribution is 5.90. The lowest BCUT2D eigenvalue weighted by Gasteiger charge is -2.24. The zero-order valence-electron chi connectivity index (χ0n) is 18.7. The molecular weight excluding hydrogens is 389 g/mol. The SMILES string of the molecule is CCCCCN(Cc1cccn1Cc1cccc(F)c1)C(=O)Nc1ccc(C)cc1C. The van der Waals surface area contributed by atoms with Crippen molar-refractivity contribution in [1.29, 1.82) is 0 Å². The Morgan fingerprint density at radius 1 is 1.06 bits per heavy atom. The first-order valence-corrected chi connectivity index (χ1v) is 11.0. The molecule has 3 aromatic rings. The minimum atomic E-state index is -0.236. The highest BCUT2D eigenvalue weighted by atomic mass is 19.1. The molecule has 2 aromatic carbocycles. The molecule has 0 aliphatic rings. The largest absolute Gasteiger partial charge is 0.345 e. The van der Waals surface area contributed by atoms with Crippen LogP contribution in [0.25, 0.3) is 0 Å². The summed E-state index contributed by atoms with van der Waals surface area (Å²) in [4.78, 5) is 15.0. The van der Waals surface area contributed by atoms with Gasteiger partial charge in [0, 0.05) is 30.7 Å². The molecule has 0 fully saturated rings. The zero-order chi connectivity index (χ0) is 22.2. The normalized spacial score (nSPS) is 10.8. The number of hydrogen-bond acceptors (Lipinski definition) is 1. The average Bonchev–Trinajstić information content (AvgIpc) is 3.16. The van der Waals surface area contributed by atoms with Gasteiger partial charge in [-0.2, -0.15) is 0 Å². The molecule has 3 rings (SSSR count). The Hall–Kier alpha value is -3.08. The number of unbranched alkanes of at least 4 members (excludes halogenated alkanes) is 2. The Labute approximate surface area is 184 Å². The highest BCUT2D eigenvalue weighted by Gasteiger charge is 2.17. The molecule has 164 valence electrons. The minimum Gasteiger partial charge on any atom is -0.345 e. The van der Waals surface area contributed by atoms with Gasteiger partial charge in [0.15, 0.2) is 0 Å². The molecule has 0 spiro atoms. The molecule has 1 N–H and O–H groups in total. The van der Waals surface area contributed by atoms with Crippen molar-refractivity contribution in [1.82, 2.24) is 9.47 Å². The van der Waals surface area contributed by atoms with Crippen LogP contribution >= 0.6 is 0 Å². The maximum Gasteiger partial charge on any atom is 0.322 e. The summed E-state index contributed by atoms with van der Waals surface area (Å²) in [6, 6.07) is 16.6. The van der Waals surface area contributed by atoms with E-state index in [0.29, 0.717) is 19.6 Å². The summed E-state index contributed by atoms with van der Waals surface area (Å²) in [5.41, 5.74) is 4.99. The lowest BCUT2D eigenvalue weighted by atomic mass is 10.1. The van der Waals surface area contributed by atoms with Gasteiger partial charge < -0.3 is 14.8 Å². The van der Waals surface area contributed by atoms with Crippen LogP contribution in [0, 0.1) is 19.7 Å². The molecule has 31 heavy (non-hydrogen) atoms. The molecule has 0 aliphatic heterocycles. The predicted octanol–water partition coefficient (Wildman–Crippen LogP) is 6.52. The van der Waals surface area contributed by atoms with Crippen molar-refractivity contribution in [2.24, 2.45) is 0 Å². The Kier molecular flexibility index (Phi) is 7.88. The molecule has 5 heteroatoms. The van der Waals surface area contributed by atoms with E-state index >= 15 is 0 Å². The number of urea groups is 1. The molecule has 2 amide bonds. The molecule has 0 radical (unpaired) electrons. The first-order valence-electron chi connectivity index (χ1n) is 11.0. The summed E-state index contributed by atoms with van der Waals surface area (Å²) in [6.45, 7) is 7.97. The van der Waals surface area contributed by atoms with Gasteiger partial charge in [0.1, 0.15) is 5.82 Å². The average molecular weight is 422 g/mol. The van der Waals surface area contributed by atoms with Crippen LogP contribution in [-0.2, 0) is 13.1 Å². The van der Waals surface area contributed by atoms with E-state index in [1.807, 2.05) is 55.3 Å². The summed E-state index contributed by atoms with van der Waals surface area (Å²) in [5.74, 6) is -0.236. The molecule has 1 aromatic heterocycles. The van der Waals surface area contributed by atoms with Gasteiger partial charge in [-0.15, -0.1) is 0 Å². The lowest BCUT2D eigenvalue weighted by Crippen LogP contribution is -2.36. The van der Waals surface area contributed by atoms with Crippen molar-refractivity contribution < 1.29 is 9.18 Å². The number of aromatic nitrogens is 1. The fourth-order valence-electron chi connectivity index (χ4n) is 3.73. The Balaban J connectivity index is 1.75. The van der Waals surface area contributed by atoms with E-state index in [1.54, 1.807) is 12.1 Å². The van der Waals surface area contributed by atoms with Gasteiger partial charge in [-0.1, -0.05) is 49.6 Å². The number of hydrogen-bond donors (Lipinski definition) is 1. The molecule has 0 bridgehead atoms. The summed E-state index contributed by atoms with van der Waals surface area (Å²) < 4.78 is 15.7. The van der Waals surface area contributed by atoms with Gasteiger partial charge in [0.2, 0.25) is 0 Å². The molecule has 4 nitrogen and oxygen atoms in total. The molecule has 0 saturated carbocycles. The predicted molar refractivity (Wildman–Crippen MR) is 125 cm³/mol. The number of carbonyl (C=O) groups excluding carboxylic acids is 1. The van der Waals surface area contributed by atoms with Gasteiger partial charge in [-0.05, 0) is 61.7 Å². The van der Waals surface area contributed by atoms with Gasteiger partial charge in [-0.25, -0.2) is 9.18 Å². The molecule has 0 aliphatic carbocycles. The zero-order valence-corrected chi connectivity index (χ0v) is 18.7. The first kappa shape index (κ1) is 22.6. The van der Waals surface area contributed by atoms with Crippen LogP contribution in [0.3, 0.4) is 0 Å². The van der Waals surface area contributed by atoms with E-state index in [1.165, 1.54) is 11.6 Å². The molecule has 0 atom stereocenters. The third-order valence-corrected chi connectivity index (χ3v) is 5.46. The van der Waals surface area contributed by atoms with Crippen LogP contribution in [0.5, 0.6) is 0 Å². The van der Waals surface area contributed by atoms with Crippen LogP contribution in [0.15, 0.2) is 60.8 Å². The second kappa shape index (κ2) is 10.8. The van der Waals surface area contributed by atoms with Gasteiger partial charge in [0.25, 0.3) is 0 Å². The van der Waals surface area contributed by atoms with Crippen molar-refractivity contribution >= 4 is 11.7 Å². The summed E-state index contributed by atoms with van der Waals surface area (Å²) >= 11 is 0. The Bertz CT molecular complexity index is 1010. The van der Waals surface area contributed by atoms with Crippen LogP contribution in [0.1, 0.15) is 48.6 Å². The third kappa shape index (κ3) is 6.45.